The van der Waals surface area contributed by atoms with Crippen molar-refractivity contribution in [1.82, 2.24) is 0 Å². The molecule has 0 N–H and O–H groups in total. The third-order valence-corrected chi connectivity index (χ3v) is 3.19. The molecule has 5 heteroatoms. The molecule has 0 fully saturated rings. The third kappa shape index (κ3) is 2.27. The van der Waals surface area contributed by atoms with Crippen molar-refractivity contribution < 1.29 is 19.1 Å². The summed E-state index contributed by atoms with van der Waals surface area (Å²) in [4.78, 5) is 24.9. The van der Waals surface area contributed by atoms with E-state index in [-0.39, 0.29) is 5.91 Å². The van der Waals surface area contributed by atoms with Crippen molar-refractivity contribution >= 4 is 17.9 Å². The third-order valence-electron chi connectivity index (χ3n) is 3.19. The molecule has 1 atom stereocenters. The van der Waals surface area contributed by atoms with Gasteiger partial charge in [0.15, 0.2) is 17.6 Å². The van der Waals surface area contributed by atoms with Crippen LogP contribution in [0.25, 0.3) is 0 Å². The molecule has 1 aliphatic heterocycles. The van der Waals surface area contributed by atoms with Crippen molar-refractivity contribution in [3.8, 4) is 11.5 Å². The van der Waals surface area contributed by atoms with Gasteiger partial charge in [-0.05, 0) is 18.6 Å². The van der Waals surface area contributed by atoms with Crippen LogP contribution in [0.1, 0.15) is 23.7 Å². The smallest absolute Gasteiger partial charge is 0.268 e. The summed E-state index contributed by atoms with van der Waals surface area (Å²) in [5, 5.41) is 0. The van der Waals surface area contributed by atoms with E-state index in [0.717, 1.165) is 0 Å². The Labute approximate surface area is 117 Å². The quantitative estimate of drug-likeness (QED) is 0.610. The second kappa shape index (κ2) is 5.77. The average Bonchev–Trinajstić information content (AvgIpc) is 2.48. The minimum absolute atomic E-state index is 0.134. The van der Waals surface area contributed by atoms with Gasteiger partial charge in [-0.25, -0.2) is 0 Å². The second-order valence-corrected chi connectivity index (χ2v) is 4.44. The van der Waals surface area contributed by atoms with Crippen molar-refractivity contribution in [3.63, 3.8) is 0 Å². The van der Waals surface area contributed by atoms with Crippen molar-refractivity contribution in [2.24, 2.45) is 0 Å². The van der Waals surface area contributed by atoms with E-state index in [9.17, 15) is 9.59 Å². The molecule has 0 spiro atoms. The first-order valence-electron chi connectivity index (χ1n) is 6.42. The molecule has 0 aromatic heterocycles. The lowest BCUT2D eigenvalue weighted by Crippen LogP contribution is -2.45. The summed E-state index contributed by atoms with van der Waals surface area (Å²) in [6.07, 6.45) is 2.37. The molecule has 0 saturated carbocycles. The van der Waals surface area contributed by atoms with Gasteiger partial charge in [-0.15, -0.1) is 6.58 Å². The number of ether oxygens (including phenoxy) is 2. The fourth-order valence-electron chi connectivity index (χ4n) is 2.21. The molecule has 20 heavy (non-hydrogen) atoms. The van der Waals surface area contributed by atoms with Crippen LogP contribution in [-0.4, -0.2) is 32.0 Å². The van der Waals surface area contributed by atoms with Crippen molar-refractivity contribution in [1.29, 1.82) is 0 Å². The number of nitrogens with zero attached hydrogens (tertiary/aromatic N) is 1. The molecule has 5 nitrogen and oxygen atoms in total. The van der Waals surface area contributed by atoms with E-state index in [1.165, 1.54) is 7.11 Å². The number of amides is 1. The highest BCUT2D eigenvalue weighted by molar-refractivity contribution is 6.01. The fraction of sp³-hybridized carbons (Fsp3) is 0.333. The van der Waals surface area contributed by atoms with Crippen LogP contribution in [-0.2, 0) is 4.79 Å². The number of hydrogen-bond donors (Lipinski definition) is 0. The van der Waals surface area contributed by atoms with Gasteiger partial charge in [-0.2, -0.15) is 0 Å². The lowest BCUT2D eigenvalue weighted by atomic mass is 10.1. The maximum atomic E-state index is 12.3. The Morgan fingerprint density at radius 3 is 2.80 bits per heavy atom. The van der Waals surface area contributed by atoms with E-state index in [2.05, 4.69) is 6.58 Å². The highest BCUT2D eigenvalue weighted by Crippen LogP contribution is 2.42. The summed E-state index contributed by atoms with van der Waals surface area (Å²) < 4.78 is 11.0. The Balaban J connectivity index is 2.61. The van der Waals surface area contributed by atoms with Crippen LogP contribution in [0.3, 0.4) is 0 Å². The van der Waals surface area contributed by atoms with Gasteiger partial charge in [0.05, 0.1) is 12.8 Å². The number of aldehydes is 1. The monoisotopic (exact) mass is 275 g/mol. The molecule has 0 saturated heterocycles. The van der Waals surface area contributed by atoms with Crippen LogP contribution in [0, 0.1) is 0 Å². The lowest BCUT2D eigenvalue weighted by Gasteiger charge is -2.34. The largest absolute Gasteiger partial charge is 0.493 e. The molecular weight excluding hydrogens is 258 g/mol. The topological polar surface area (TPSA) is 55.8 Å². The van der Waals surface area contributed by atoms with Crippen LogP contribution in [0.15, 0.2) is 24.8 Å². The average molecular weight is 275 g/mol. The number of fused-ring (bicyclic) bond motifs is 1. The van der Waals surface area contributed by atoms with Crippen molar-refractivity contribution in [3.05, 3.63) is 30.4 Å². The fourth-order valence-corrected chi connectivity index (χ4v) is 2.21. The number of benzene rings is 1. The molecule has 2 rings (SSSR count). The molecule has 0 aliphatic carbocycles. The van der Waals surface area contributed by atoms with Crippen LogP contribution >= 0.6 is 0 Å². The number of methoxy groups -OCH3 is 1. The highest BCUT2D eigenvalue weighted by Gasteiger charge is 2.34. The van der Waals surface area contributed by atoms with E-state index in [0.29, 0.717) is 42.0 Å². The Morgan fingerprint density at radius 2 is 2.25 bits per heavy atom. The maximum absolute atomic E-state index is 12.3. The molecule has 0 radical (unpaired) electrons. The van der Waals surface area contributed by atoms with Crippen LogP contribution in [0.2, 0.25) is 0 Å². The lowest BCUT2D eigenvalue weighted by molar-refractivity contribution is -0.126. The zero-order valence-corrected chi connectivity index (χ0v) is 11.6. The van der Waals surface area contributed by atoms with Gasteiger partial charge in [0.25, 0.3) is 5.91 Å². The molecule has 1 amide bonds. The van der Waals surface area contributed by atoms with Crippen molar-refractivity contribution in [2.45, 2.75) is 19.4 Å². The number of hydrogen-bond acceptors (Lipinski definition) is 4. The van der Waals surface area contributed by atoms with E-state index >= 15 is 0 Å². The predicted octanol–water partition coefficient (Wildman–Crippen LogP) is 2.20. The number of rotatable bonds is 5. The maximum Gasteiger partial charge on any atom is 0.268 e. The predicted molar refractivity (Wildman–Crippen MR) is 75.6 cm³/mol. The number of anilines is 1. The van der Waals surface area contributed by atoms with E-state index in [1.54, 1.807) is 23.1 Å². The summed E-state index contributed by atoms with van der Waals surface area (Å²) in [7, 11) is 1.50. The summed E-state index contributed by atoms with van der Waals surface area (Å²) in [5.41, 5.74) is 0.974. The Bertz CT molecular complexity index is 553. The molecule has 1 heterocycles. The Morgan fingerprint density at radius 1 is 1.50 bits per heavy atom. The second-order valence-electron chi connectivity index (χ2n) is 4.44. The zero-order valence-electron chi connectivity index (χ0n) is 11.6. The molecule has 1 aromatic rings. The zero-order chi connectivity index (χ0) is 14.7. The van der Waals surface area contributed by atoms with Crippen LogP contribution in [0.5, 0.6) is 11.5 Å². The van der Waals surface area contributed by atoms with Gasteiger partial charge >= 0.3 is 0 Å². The first kappa shape index (κ1) is 14.1. The summed E-state index contributed by atoms with van der Waals surface area (Å²) in [5.74, 6) is 0.806. The minimum atomic E-state index is -0.543. The minimum Gasteiger partial charge on any atom is -0.493 e. The highest BCUT2D eigenvalue weighted by atomic mass is 16.5. The Kier molecular flexibility index (Phi) is 4.08. The Hall–Kier alpha value is -2.30. The van der Waals surface area contributed by atoms with Crippen LogP contribution < -0.4 is 14.4 Å². The summed E-state index contributed by atoms with van der Waals surface area (Å²) in [6.45, 7) is 5.90. The van der Waals surface area contributed by atoms with E-state index in [4.69, 9.17) is 9.47 Å². The molecular formula is C15H17NO4. The SMILES string of the molecule is C=CCN1C(=O)C(CC)Oc2c(OC)cc(C=O)cc21. The normalized spacial score (nSPS) is 17.2. The first-order chi connectivity index (χ1) is 9.65. The van der Waals surface area contributed by atoms with Gasteiger partial charge in [-0.1, -0.05) is 13.0 Å². The van der Waals surface area contributed by atoms with Gasteiger partial charge in [0, 0.05) is 12.1 Å². The molecule has 1 aliphatic rings. The van der Waals surface area contributed by atoms with E-state index < -0.39 is 6.10 Å². The standard InChI is InChI=1S/C15H17NO4/c1-4-6-16-11-7-10(9-17)8-13(19-3)14(11)20-12(5-2)15(16)18/h4,7-9,12H,1,5-6H2,2-3H3. The number of carbonyl (C=O) groups excluding carboxylic acids is 2. The molecule has 106 valence electrons. The van der Waals surface area contributed by atoms with Gasteiger partial charge in [0.1, 0.15) is 6.29 Å². The molecule has 1 aromatic carbocycles. The summed E-state index contributed by atoms with van der Waals surface area (Å²) in [6, 6.07) is 3.22. The van der Waals surface area contributed by atoms with Gasteiger partial charge in [-0.3, -0.25) is 9.59 Å². The summed E-state index contributed by atoms with van der Waals surface area (Å²) >= 11 is 0. The number of carbonyl (C=O) groups is 2. The molecule has 0 bridgehead atoms. The van der Waals surface area contributed by atoms with E-state index in [1.807, 2.05) is 6.92 Å². The van der Waals surface area contributed by atoms with Gasteiger partial charge < -0.3 is 14.4 Å². The van der Waals surface area contributed by atoms with Crippen molar-refractivity contribution in [2.75, 3.05) is 18.6 Å². The first-order valence-corrected chi connectivity index (χ1v) is 6.42. The molecule has 1 unspecified atom stereocenters. The van der Waals surface area contributed by atoms with Gasteiger partial charge in [0.2, 0.25) is 0 Å². The van der Waals surface area contributed by atoms with Crippen LogP contribution in [0.4, 0.5) is 5.69 Å².